The van der Waals surface area contributed by atoms with Crippen LogP contribution in [0.4, 0.5) is 8.78 Å². The topological polar surface area (TPSA) is 125 Å². The van der Waals surface area contributed by atoms with Gasteiger partial charge in [-0.2, -0.15) is 0 Å². The summed E-state index contributed by atoms with van der Waals surface area (Å²) in [6.07, 6.45) is 1.48. The van der Waals surface area contributed by atoms with Gasteiger partial charge in [-0.25, -0.2) is 13.6 Å². The molecule has 1 saturated heterocycles. The zero-order valence-corrected chi connectivity index (χ0v) is 30.8. The molecule has 0 aliphatic carbocycles. The number of aryl methyl sites for hydroxylation is 2. The number of hydrogen-bond donors (Lipinski definition) is 1. The number of benzene rings is 1. The number of hydrogen-bond acceptors (Lipinski definition) is 8. The Kier molecular flexibility index (Phi) is 16.7. The predicted octanol–water partition coefficient (Wildman–Crippen LogP) is -1.55. The molecule has 1 aliphatic heterocycles. The van der Waals surface area contributed by atoms with Gasteiger partial charge >= 0.3 is 80.6 Å². The largest absolute Gasteiger partial charge is 1.00 e. The molecule has 0 atom stereocenters. The molecule has 2 aromatic heterocycles. The van der Waals surface area contributed by atoms with E-state index in [0.29, 0.717) is 0 Å². The third kappa shape index (κ3) is 11.1. The fourth-order valence-electron chi connectivity index (χ4n) is 3.92. The van der Waals surface area contributed by atoms with Gasteiger partial charge in [-0.05, 0) is 36.8 Å². The van der Waals surface area contributed by atoms with Gasteiger partial charge < -0.3 is 26.8 Å². The molecule has 42 heavy (non-hydrogen) atoms. The number of carbonyl (C=O) groups excluding carboxylic acids is 2. The van der Waals surface area contributed by atoms with Gasteiger partial charge in [0.25, 0.3) is 11.5 Å². The van der Waals surface area contributed by atoms with Crippen LogP contribution in [0.3, 0.4) is 0 Å². The van der Waals surface area contributed by atoms with Crippen molar-refractivity contribution in [2.24, 2.45) is 7.05 Å². The Hall–Kier alpha value is -2.18. The molecule has 0 spiro atoms. The summed E-state index contributed by atoms with van der Waals surface area (Å²) in [5.74, 6) is -3.67. The number of morpholine rings is 1. The third-order valence-electron chi connectivity index (χ3n) is 5.94. The molecule has 3 heterocycles. The van der Waals surface area contributed by atoms with E-state index in [1.165, 1.54) is 21.4 Å². The Morgan fingerprint density at radius 3 is 2.24 bits per heavy atom. The molecule has 0 unspecified atom stereocenters. The second kappa shape index (κ2) is 18.5. The number of amides is 1. The Morgan fingerprint density at radius 2 is 1.64 bits per heavy atom. The molecule has 1 N–H and O–H groups in total. The van der Waals surface area contributed by atoms with Crippen LogP contribution < -0.4 is 85.5 Å². The van der Waals surface area contributed by atoms with Crippen molar-refractivity contribution in [3.63, 3.8) is 0 Å². The fraction of sp³-hybridized carbons (Fsp3) is 0.357. The fourth-order valence-corrected chi connectivity index (χ4v) is 3.92. The summed E-state index contributed by atoms with van der Waals surface area (Å²) in [5.41, 5.74) is 1.39. The molecule has 1 fully saturated rings. The van der Waals surface area contributed by atoms with Gasteiger partial charge in [0.2, 0.25) is 0 Å². The number of rotatable bonds is 7. The third-order valence-corrected chi connectivity index (χ3v) is 5.94. The Balaban J connectivity index is 0.000000433. The SMILES string of the molecule is COC(=O)CNC(=O)c1c(F)cccc1F.Cc1cc(CN2CCOCC2)nc(Cn2c(=O)ccn(C)c2=O)c1.[CH3-].[Cs+]. The molecular weight excluding hydrogens is 673 g/mol. The van der Waals surface area contributed by atoms with Crippen LogP contribution in [0.15, 0.2) is 52.2 Å². The van der Waals surface area contributed by atoms with Crippen molar-refractivity contribution in [2.45, 2.75) is 20.0 Å². The maximum atomic E-state index is 13.1. The zero-order chi connectivity index (χ0) is 29.2. The molecule has 1 aromatic carbocycles. The monoisotopic (exact) mass is 707 g/mol. The molecule has 3 aromatic rings. The molecule has 0 saturated carbocycles. The van der Waals surface area contributed by atoms with Crippen LogP contribution in [0.25, 0.3) is 0 Å². The van der Waals surface area contributed by atoms with Gasteiger partial charge in [-0.1, -0.05) is 6.07 Å². The van der Waals surface area contributed by atoms with Crippen molar-refractivity contribution >= 4 is 11.9 Å². The zero-order valence-electron chi connectivity index (χ0n) is 24.5. The van der Waals surface area contributed by atoms with Gasteiger partial charge in [-0.3, -0.25) is 28.8 Å². The van der Waals surface area contributed by atoms with E-state index < -0.39 is 35.6 Å². The molecule has 222 valence electrons. The first kappa shape index (κ1) is 37.8. The molecule has 0 radical (unpaired) electrons. The van der Waals surface area contributed by atoms with Crippen molar-refractivity contribution < 1.29 is 96.7 Å². The number of carbonyl (C=O) groups is 2. The van der Waals surface area contributed by atoms with Crippen molar-refractivity contribution in [3.8, 4) is 0 Å². The minimum absolute atomic E-state index is 0. The number of halogens is 2. The van der Waals surface area contributed by atoms with Crippen molar-refractivity contribution in [1.29, 1.82) is 0 Å². The number of ether oxygens (including phenoxy) is 2. The van der Waals surface area contributed by atoms with Gasteiger partial charge in [0, 0.05) is 38.9 Å². The Labute approximate surface area is 301 Å². The maximum absolute atomic E-state index is 13.1. The second-order valence-corrected chi connectivity index (χ2v) is 9.00. The van der Waals surface area contributed by atoms with E-state index in [-0.39, 0.29) is 94.1 Å². The number of nitrogens with one attached hydrogen (secondary N) is 1. The number of nitrogens with zero attached hydrogens (tertiary/aromatic N) is 4. The molecular formula is C28H34CsF2N5O6. The summed E-state index contributed by atoms with van der Waals surface area (Å²) in [6, 6.07) is 8.41. The van der Waals surface area contributed by atoms with Crippen LogP contribution in [0.5, 0.6) is 0 Å². The Bertz CT molecular complexity index is 1450. The standard InChI is InChI=1S/C17H22N4O3.C10H9F2NO3.CH3.Cs/c1-13-9-14(11-20-5-7-24-8-6-20)18-15(10-13)12-21-16(22)3-4-19(2)17(21)23;1-16-8(14)5-13-10(15)9-6(11)3-2-4-7(9)12;;/h3-4,9-10H,5-8,11-12H2,1-2H3;2-4H,5H2,1H3,(H,13,15);1H3;/q;;-1;+1. The van der Waals surface area contributed by atoms with Crippen LogP contribution in [-0.4, -0.2) is 70.9 Å². The summed E-state index contributed by atoms with van der Waals surface area (Å²) in [5, 5.41) is 2.04. The van der Waals surface area contributed by atoms with E-state index in [1.54, 1.807) is 7.05 Å². The normalized spacial score (nSPS) is 12.6. The maximum Gasteiger partial charge on any atom is 1.00 e. The molecule has 1 aliphatic rings. The van der Waals surface area contributed by atoms with Gasteiger partial charge in [0.15, 0.2) is 0 Å². The average Bonchev–Trinajstić information content (AvgIpc) is 2.92. The predicted molar refractivity (Wildman–Crippen MR) is 147 cm³/mol. The Morgan fingerprint density at radius 1 is 1.05 bits per heavy atom. The number of aromatic nitrogens is 3. The number of pyridine rings is 1. The second-order valence-electron chi connectivity index (χ2n) is 9.00. The minimum atomic E-state index is -0.999. The van der Waals surface area contributed by atoms with Gasteiger partial charge in [-0.15, -0.1) is 0 Å². The van der Waals surface area contributed by atoms with Crippen LogP contribution in [0, 0.1) is 26.0 Å². The molecule has 11 nitrogen and oxygen atoms in total. The van der Waals surface area contributed by atoms with E-state index in [1.807, 2.05) is 24.4 Å². The average molecular weight is 708 g/mol. The summed E-state index contributed by atoms with van der Waals surface area (Å²) in [4.78, 5) is 53.1. The first-order valence-corrected chi connectivity index (χ1v) is 12.4. The van der Waals surface area contributed by atoms with Crippen molar-refractivity contribution in [3.05, 3.63) is 105 Å². The van der Waals surface area contributed by atoms with Crippen molar-refractivity contribution in [1.82, 2.24) is 24.3 Å². The van der Waals surface area contributed by atoms with Crippen molar-refractivity contribution in [2.75, 3.05) is 40.0 Å². The summed E-state index contributed by atoms with van der Waals surface area (Å²) in [7, 11) is 2.77. The van der Waals surface area contributed by atoms with E-state index in [0.717, 1.165) is 75.1 Å². The smallest absolute Gasteiger partial charge is 0.468 e. The molecule has 4 rings (SSSR count). The van der Waals surface area contributed by atoms with Gasteiger partial charge in [0.05, 0.1) is 38.3 Å². The van der Waals surface area contributed by atoms with Crippen LogP contribution >= 0.6 is 0 Å². The molecule has 1 amide bonds. The minimum Gasteiger partial charge on any atom is -0.468 e. The first-order chi connectivity index (χ1) is 19.1. The number of methoxy groups -OCH3 is 1. The van der Waals surface area contributed by atoms with Gasteiger partial charge in [0.1, 0.15) is 23.7 Å². The van der Waals surface area contributed by atoms with E-state index in [4.69, 9.17) is 4.74 Å². The summed E-state index contributed by atoms with van der Waals surface area (Å²) < 4.78 is 38.4. The molecule has 0 bridgehead atoms. The van der Waals surface area contributed by atoms with E-state index in [9.17, 15) is 28.0 Å². The van der Waals surface area contributed by atoms with Crippen LogP contribution in [0.1, 0.15) is 27.3 Å². The van der Waals surface area contributed by atoms with E-state index >= 15 is 0 Å². The quantitative estimate of drug-likeness (QED) is 0.232. The first-order valence-electron chi connectivity index (χ1n) is 12.4. The van der Waals surface area contributed by atoms with E-state index in [2.05, 4.69) is 14.6 Å². The summed E-state index contributed by atoms with van der Waals surface area (Å²) in [6.45, 7) is 5.77. The number of esters is 1. The summed E-state index contributed by atoms with van der Waals surface area (Å²) >= 11 is 0. The van der Waals surface area contributed by atoms with Crippen LogP contribution in [0.2, 0.25) is 0 Å². The molecule has 14 heteroatoms. The van der Waals surface area contributed by atoms with Crippen LogP contribution in [-0.2, 0) is 34.4 Å².